The molecule has 6 N–H and O–H groups in total. The van der Waals surface area contributed by atoms with E-state index < -0.39 is 49.5 Å². The number of hydrogen-bond acceptors (Lipinski definition) is 8. The van der Waals surface area contributed by atoms with Crippen LogP contribution in [0.1, 0.15) is 97.3 Å². The lowest BCUT2D eigenvalue weighted by Crippen LogP contribution is -2.60. The fraction of sp³-hybridized carbons (Fsp3) is 0.649. The molecule has 7 unspecified atom stereocenters. The van der Waals surface area contributed by atoms with Gasteiger partial charge >= 0.3 is 0 Å². The molecule has 1 rings (SSSR count). The number of aliphatic hydroxyl groups is 5. The molecule has 1 aliphatic heterocycles. The average molecular weight is 648 g/mol. The molecule has 0 bridgehead atoms. The lowest BCUT2D eigenvalue weighted by Gasteiger charge is -2.40. The standard InChI is InChI=1S/C37H61NO8/c1-3-5-7-9-11-13-14-15-16-17-18-19-21-23-25-27-33(41)38-30(31(40)26-24-22-20-12-10-8-6-4-2)29-45-37-36(44)35(43)34(42)32(28-39)46-37/h5,7,10-13,15-16,18-19,24,26,30-32,34-37,39-40,42-44H,3-4,6,8-9,14,17,20-23,25,27-29H2,1-2H3,(H,38,41)/b7-5-,12-10+,13-11-,16-15-,19-18-,26-24+. The third-order valence-corrected chi connectivity index (χ3v) is 7.51. The molecule has 1 aliphatic rings. The average Bonchev–Trinajstić information content (AvgIpc) is 3.05. The summed E-state index contributed by atoms with van der Waals surface area (Å²) in [6.45, 7) is 3.48. The molecule has 1 saturated heterocycles. The van der Waals surface area contributed by atoms with Gasteiger partial charge < -0.3 is 40.3 Å². The minimum absolute atomic E-state index is 0.223. The molecule has 0 spiro atoms. The van der Waals surface area contributed by atoms with Crippen LogP contribution in [0, 0.1) is 0 Å². The fourth-order valence-corrected chi connectivity index (χ4v) is 4.67. The predicted octanol–water partition coefficient (Wildman–Crippen LogP) is 5.10. The van der Waals surface area contributed by atoms with Gasteiger partial charge in [-0.25, -0.2) is 0 Å². The zero-order valence-corrected chi connectivity index (χ0v) is 28.0. The summed E-state index contributed by atoms with van der Waals surface area (Å²) in [5.74, 6) is -0.237. The summed E-state index contributed by atoms with van der Waals surface area (Å²) in [6, 6.07) is -0.842. The molecule has 9 heteroatoms. The van der Waals surface area contributed by atoms with Crippen molar-refractivity contribution in [2.75, 3.05) is 13.2 Å². The number of aliphatic hydroxyl groups excluding tert-OH is 5. The Balaban J connectivity index is 2.54. The van der Waals surface area contributed by atoms with Crippen molar-refractivity contribution in [3.05, 3.63) is 72.9 Å². The maximum Gasteiger partial charge on any atom is 0.220 e. The highest BCUT2D eigenvalue weighted by molar-refractivity contribution is 5.76. The van der Waals surface area contributed by atoms with Crippen molar-refractivity contribution < 1.29 is 39.8 Å². The number of amides is 1. The number of ether oxygens (including phenoxy) is 2. The second-order valence-electron chi connectivity index (χ2n) is 11.6. The Morgan fingerprint density at radius 3 is 2.00 bits per heavy atom. The number of carbonyl (C=O) groups excluding carboxylic acids is 1. The van der Waals surface area contributed by atoms with Crippen molar-refractivity contribution in [3.63, 3.8) is 0 Å². The van der Waals surface area contributed by atoms with Crippen molar-refractivity contribution in [2.45, 2.75) is 140 Å². The number of carbonyl (C=O) groups is 1. The molecule has 7 atom stereocenters. The Morgan fingerprint density at radius 1 is 0.761 bits per heavy atom. The van der Waals surface area contributed by atoms with Crippen LogP contribution in [0.3, 0.4) is 0 Å². The lowest BCUT2D eigenvalue weighted by atomic mass is 9.99. The zero-order chi connectivity index (χ0) is 33.8. The zero-order valence-electron chi connectivity index (χ0n) is 28.0. The number of rotatable bonds is 25. The van der Waals surface area contributed by atoms with Crippen LogP contribution in [0.15, 0.2) is 72.9 Å². The third kappa shape index (κ3) is 19.3. The van der Waals surface area contributed by atoms with Crippen LogP contribution in [0.2, 0.25) is 0 Å². The summed E-state index contributed by atoms with van der Waals surface area (Å²) >= 11 is 0. The van der Waals surface area contributed by atoms with E-state index in [1.54, 1.807) is 6.08 Å². The Morgan fingerprint density at radius 2 is 1.35 bits per heavy atom. The number of unbranched alkanes of at least 4 members (excludes halogenated alkanes) is 5. The SMILES string of the molecule is CC/C=C\C/C=C\C/C=C\C/C=C\CCCCC(=O)NC(COC1OC(CO)C(O)C(O)C1O)C(O)/C=C/CC/C=C/CCCC. The first-order valence-corrected chi connectivity index (χ1v) is 17.2. The van der Waals surface area contributed by atoms with Crippen molar-refractivity contribution in [1.29, 1.82) is 0 Å². The minimum atomic E-state index is -1.58. The Kier molecular flexibility index (Phi) is 25.1. The highest BCUT2D eigenvalue weighted by Gasteiger charge is 2.44. The summed E-state index contributed by atoms with van der Waals surface area (Å²) in [4.78, 5) is 12.8. The Bertz CT molecular complexity index is 942. The van der Waals surface area contributed by atoms with E-state index in [4.69, 9.17) is 9.47 Å². The maximum atomic E-state index is 12.8. The van der Waals surface area contributed by atoms with Gasteiger partial charge in [0, 0.05) is 6.42 Å². The van der Waals surface area contributed by atoms with E-state index >= 15 is 0 Å². The Hall–Kier alpha value is -2.37. The topological polar surface area (TPSA) is 149 Å². The van der Waals surface area contributed by atoms with E-state index in [1.807, 2.05) is 6.08 Å². The van der Waals surface area contributed by atoms with Gasteiger partial charge in [0.25, 0.3) is 0 Å². The van der Waals surface area contributed by atoms with Crippen molar-refractivity contribution in [2.24, 2.45) is 0 Å². The maximum absolute atomic E-state index is 12.8. The summed E-state index contributed by atoms with van der Waals surface area (Å²) in [5, 5.41) is 53.5. The van der Waals surface area contributed by atoms with Crippen LogP contribution in [0.5, 0.6) is 0 Å². The van der Waals surface area contributed by atoms with Crippen molar-refractivity contribution >= 4 is 5.91 Å². The van der Waals surface area contributed by atoms with E-state index in [9.17, 15) is 30.3 Å². The van der Waals surface area contributed by atoms with Crippen LogP contribution in [0.25, 0.3) is 0 Å². The number of nitrogens with one attached hydrogen (secondary N) is 1. The van der Waals surface area contributed by atoms with Gasteiger partial charge in [-0.1, -0.05) is 99.6 Å². The molecule has 0 aromatic rings. The molecule has 0 aliphatic carbocycles. The van der Waals surface area contributed by atoms with E-state index in [2.05, 4.69) is 79.9 Å². The molecule has 9 nitrogen and oxygen atoms in total. The summed E-state index contributed by atoms with van der Waals surface area (Å²) < 4.78 is 11.1. The van der Waals surface area contributed by atoms with Crippen LogP contribution >= 0.6 is 0 Å². The quantitative estimate of drug-likeness (QED) is 0.0593. The van der Waals surface area contributed by atoms with Gasteiger partial charge in [0.15, 0.2) is 6.29 Å². The second kappa shape index (κ2) is 27.7. The molecule has 1 amide bonds. The van der Waals surface area contributed by atoms with E-state index in [-0.39, 0.29) is 18.9 Å². The van der Waals surface area contributed by atoms with Crippen molar-refractivity contribution in [1.82, 2.24) is 5.32 Å². The van der Waals surface area contributed by atoms with Crippen LogP contribution in [-0.4, -0.2) is 87.5 Å². The molecule has 262 valence electrons. The first-order chi connectivity index (χ1) is 22.3. The van der Waals surface area contributed by atoms with E-state index in [0.29, 0.717) is 6.42 Å². The number of allylic oxidation sites excluding steroid dienone is 11. The van der Waals surface area contributed by atoms with Gasteiger partial charge in [-0.2, -0.15) is 0 Å². The van der Waals surface area contributed by atoms with E-state index in [0.717, 1.165) is 70.6 Å². The first-order valence-electron chi connectivity index (χ1n) is 17.2. The minimum Gasteiger partial charge on any atom is -0.394 e. The summed E-state index contributed by atoms with van der Waals surface area (Å²) in [5.41, 5.74) is 0. The smallest absolute Gasteiger partial charge is 0.220 e. The molecule has 1 heterocycles. The molecular formula is C37H61NO8. The predicted molar refractivity (Wildman–Crippen MR) is 184 cm³/mol. The fourth-order valence-electron chi connectivity index (χ4n) is 4.67. The molecule has 0 radical (unpaired) electrons. The summed E-state index contributed by atoms with van der Waals surface area (Å²) in [7, 11) is 0. The van der Waals surface area contributed by atoms with Gasteiger partial charge in [0.2, 0.25) is 5.91 Å². The van der Waals surface area contributed by atoms with Gasteiger partial charge in [-0.3, -0.25) is 4.79 Å². The van der Waals surface area contributed by atoms with Crippen LogP contribution in [-0.2, 0) is 14.3 Å². The normalized spacial score (nSPS) is 24.0. The molecule has 0 aromatic carbocycles. The van der Waals surface area contributed by atoms with Gasteiger partial charge in [-0.05, 0) is 64.2 Å². The Labute approximate surface area is 277 Å². The monoisotopic (exact) mass is 647 g/mol. The highest BCUT2D eigenvalue weighted by Crippen LogP contribution is 2.22. The largest absolute Gasteiger partial charge is 0.394 e. The van der Waals surface area contributed by atoms with Gasteiger partial charge in [0.1, 0.15) is 24.4 Å². The molecule has 0 aromatic heterocycles. The third-order valence-electron chi connectivity index (χ3n) is 7.51. The summed E-state index contributed by atoms with van der Waals surface area (Å²) in [6.07, 6.45) is 28.2. The molecule has 46 heavy (non-hydrogen) atoms. The second-order valence-corrected chi connectivity index (χ2v) is 11.6. The molecule has 0 saturated carbocycles. The van der Waals surface area contributed by atoms with Gasteiger partial charge in [-0.15, -0.1) is 0 Å². The molecule has 1 fully saturated rings. The first kappa shape index (κ1) is 41.7. The van der Waals surface area contributed by atoms with E-state index in [1.165, 1.54) is 0 Å². The molecular weight excluding hydrogens is 586 g/mol. The van der Waals surface area contributed by atoms with Crippen molar-refractivity contribution in [3.8, 4) is 0 Å². The lowest BCUT2D eigenvalue weighted by molar-refractivity contribution is -0.302. The number of hydrogen-bond donors (Lipinski definition) is 6. The van der Waals surface area contributed by atoms with Gasteiger partial charge in [0.05, 0.1) is 25.4 Å². The highest BCUT2D eigenvalue weighted by atomic mass is 16.7. The van der Waals surface area contributed by atoms with Crippen LogP contribution in [0.4, 0.5) is 0 Å². The van der Waals surface area contributed by atoms with Crippen LogP contribution < -0.4 is 5.32 Å².